The van der Waals surface area contributed by atoms with Gasteiger partial charge in [-0.15, -0.1) is 0 Å². The lowest BCUT2D eigenvalue weighted by atomic mass is 10.1. The van der Waals surface area contributed by atoms with Gasteiger partial charge in [-0.3, -0.25) is 14.2 Å². The first-order valence-corrected chi connectivity index (χ1v) is 9.23. The van der Waals surface area contributed by atoms with E-state index < -0.39 is 0 Å². The summed E-state index contributed by atoms with van der Waals surface area (Å²) in [6, 6.07) is 16.8. The van der Waals surface area contributed by atoms with Gasteiger partial charge in [-0.05, 0) is 41.1 Å². The van der Waals surface area contributed by atoms with Crippen molar-refractivity contribution in [2.24, 2.45) is 0 Å². The van der Waals surface area contributed by atoms with E-state index in [1.165, 1.54) is 17.2 Å². The minimum atomic E-state index is -0.365. The van der Waals surface area contributed by atoms with Crippen LogP contribution in [0, 0.1) is 0 Å². The maximum atomic E-state index is 13.2. The van der Waals surface area contributed by atoms with Crippen molar-refractivity contribution in [3.05, 3.63) is 88.0 Å². The molecule has 6 rings (SSSR count). The summed E-state index contributed by atoms with van der Waals surface area (Å²) in [5, 5.41) is 2.53. The Kier molecular flexibility index (Phi) is 3.31. The molecule has 0 radical (unpaired) electrons. The minimum Gasteiger partial charge on any atom is -0.311 e. The van der Waals surface area contributed by atoms with E-state index in [1.807, 2.05) is 36.4 Å². The molecular formula is C22H12N6O2. The van der Waals surface area contributed by atoms with Gasteiger partial charge in [0.15, 0.2) is 11.2 Å². The molecule has 0 saturated carbocycles. The monoisotopic (exact) mass is 392 g/mol. The largest absolute Gasteiger partial charge is 0.311 e. The smallest absolute Gasteiger partial charge is 0.278 e. The summed E-state index contributed by atoms with van der Waals surface area (Å²) < 4.78 is 1.47. The van der Waals surface area contributed by atoms with Gasteiger partial charge in [-0.1, -0.05) is 24.3 Å². The molecule has 0 saturated heterocycles. The first kappa shape index (κ1) is 16.5. The molecule has 0 amide bonds. The van der Waals surface area contributed by atoms with Crippen LogP contribution in [0.15, 0.2) is 76.8 Å². The maximum absolute atomic E-state index is 13.2. The zero-order chi connectivity index (χ0) is 20.2. The van der Waals surface area contributed by atoms with Crippen molar-refractivity contribution >= 4 is 43.9 Å². The average molecular weight is 392 g/mol. The third-order valence-corrected chi connectivity index (χ3v) is 5.13. The Morgan fingerprint density at radius 3 is 2.50 bits per heavy atom. The molecule has 0 unspecified atom stereocenters. The van der Waals surface area contributed by atoms with Crippen molar-refractivity contribution in [1.82, 2.24) is 29.5 Å². The van der Waals surface area contributed by atoms with Crippen molar-refractivity contribution < 1.29 is 0 Å². The first-order chi connectivity index (χ1) is 14.7. The fourth-order valence-corrected chi connectivity index (χ4v) is 3.64. The van der Waals surface area contributed by atoms with Crippen LogP contribution in [0.3, 0.4) is 0 Å². The van der Waals surface area contributed by atoms with Gasteiger partial charge >= 0.3 is 0 Å². The van der Waals surface area contributed by atoms with E-state index in [1.54, 1.807) is 18.2 Å². The zero-order valence-corrected chi connectivity index (χ0v) is 15.4. The molecule has 0 atom stereocenters. The van der Waals surface area contributed by atoms with Gasteiger partial charge in [0.25, 0.3) is 11.1 Å². The van der Waals surface area contributed by atoms with Gasteiger partial charge in [0.1, 0.15) is 6.33 Å². The van der Waals surface area contributed by atoms with Crippen LogP contribution in [0.1, 0.15) is 0 Å². The Bertz CT molecular complexity index is 1750. The van der Waals surface area contributed by atoms with Crippen molar-refractivity contribution in [3.8, 4) is 5.69 Å². The molecule has 0 fully saturated rings. The van der Waals surface area contributed by atoms with E-state index in [4.69, 9.17) is 0 Å². The van der Waals surface area contributed by atoms with Crippen LogP contribution in [-0.2, 0) is 0 Å². The van der Waals surface area contributed by atoms with E-state index in [-0.39, 0.29) is 22.3 Å². The van der Waals surface area contributed by atoms with Crippen molar-refractivity contribution in [2.75, 3.05) is 0 Å². The second-order valence-corrected chi connectivity index (χ2v) is 6.94. The Balaban J connectivity index is 1.60. The second kappa shape index (κ2) is 6.02. The Labute approximate surface area is 167 Å². The molecule has 0 bridgehead atoms. The standard InChI is InChI=1S/C22H12N6O2/c29-21-19-20(23-10-24-21)27-16-6-5-14(9-18(16)26-19)28-11-25-17-8-13-4-2-1-3-12(13)7-15(17)22(28)30/h1-11H,(H,23,24,27,29). The highest BCUT2D eigenvalue weighted by Gasteiger charge is 2.10. The Morgan fingerprint density at radius 2 is 1.63 bits per heavy atom. The molecule has 0 aliphatic rings. The zero-order valence-electron chi connectivity index (χ0n) is 15.4. The molecule has 8 heteroatoms. The molecule has 3 aromatic carbocycles. The van der Waals surface area contributed by atoms with E-state index in [9.17, 15) is 9.59 Å². The number of nitrogens with one attached hydrogen (secondary N) is 1. The van der Waals surface area contributed by atoms with Crippen LogP contribution < -0.4 is 11.1 Å². The maximum Gasteiger partial charge on any atom is 0.278 e. The van der Waals surface area contributed by atoms with Gasteiger partial charge in [0, 0.05) is 0 Å². The highest BCUT2D eigenvalue weighted by atomic mass is 16.1. The van der Waals surface area contributed by atoms with Crippen LogP contribution >= 0.6 is 0 Å². The fourth-order valence-electron chi connectivity index (χ4n) is 3.64. The van der Waals surface area contributed by atoms with Crippen LogP contribution in [0.5, 0.6) is 0 Å². The topological polar surface area (TPSA) is 106 Å². The minimum absolute atomic E-state index is 0.151. The van der Waals surface area contributed by atoms with E-state index in [0.29, 0.717) is 27.6 Å². The highest BCUT2D eigenvalue weighted by molar-refractivity contribution is 5.96. The SMILES string of the molecule is O=c1[nH]cnc2nc3ccc(-n4cnc5cc6ccccc6cc5c4=O)cc3nc12. The normalized spacial score (nSPS) is 11.6. The summed E-state index contributed by atoms with van der Waals surface area (Å²) in [4.78, 5) is 45.0. The van der Waals surface area contributed by atoms with E-state index in [2.05, 4.69) is 24.9 Å². The van der Waals surface area contributed by atoms with Crippen LogP contribution in [0.2, 0.25) is 0 Å². The third-order valence-electron chi connectivity index (χ3n) is 5.13. The Hall–Kier alpha value is -4.46. The molecule has 30 heavy (non-hydrogen) atoms. The molecule has 0 spiro atoms. The molecule has 0 aliphatic carbocycles. The molecule has 142 valence electrons. The third kappa shape index (κ3) is 2.40. The van der Waals surface area contributed by atoms with E-state index in [0.717, 1.165) is 10.8 Å². The number of aromatic amines is 1. The number of benzene rings is 3. The lowest BCUT2D eigenvalue weighted by Crippen LogP contribution is -2.19. The fraction of sp³-hybridized carbons (Fsp3) is 0. The van der Waals surface area contributed by atoms with Gasteiger partial charge in [0.05, 0.1) is 34.0 Å². The summed E-state index contributed by atoms with van der Waals surface area (Å²) >= 11 is 0. The predicted molar refractivity (Wildman–Crippen MR) is 114 cm³/mol. The average Bonchev–Trinajstić information content (AvgIpc) is 2.77. The van der Waals surface area contributed by atoms with Crippen molar-refractivity contribution in [2.45, 2.75) is 0 Å². The van der Waals surface area contributed by atoms with Crippen LogP contribution in [0.4, 0.5) is 0 Å². The molecule has 6 aromatic rings. The summed E-state index contributed by atoms with van der Waals surface area (Å²) in [5.74, 6) is 0. The number of aromatic nitrogens is 6. The van der Waals surface area contributed by atoms with E-state index >= 15 is 0 Å². The quantitative estimate of drug-likeness (QED) is 0.431. The number of nitrogens with zero attached hydrogens (tertiary/aromatic N) is 5. The summed E-state index contributed by atoms with van der Waals surface area (Å²) in [6.07, 6.45) is 2.80. The summed E-state index contributed by atoms with van der Waals surface area (Å²) in [6.45, 7) is 0. The van der Waals surface area contributed by atoms with Crippen LogP contribution in [0.25, 0.3) is 49.6 Å². The molecule has 0 aliphatic heterocycles. The Morgan fingerprint density at radius 1 is 0.800 bits per heavy atom. The molecule has 3 aromatic heterocycles. The summed E-state index contributed by atoms with van der Waals surface area (Å²) in [5.41, 5.74) is 2.17. The van der Waals surface area contributed by atoms with Crippen molar-refractivity contribution in [3.63, 3.8) is 0 Å². The molecule has 3 heterocycles. The van der Waals surface area contributed by atoms with Gasteiger partial charge in [-0.2, -0.15) is 0 Å². The number of hydrogen-bond donors (Lipinski definition) is 1. The van der Waals surface area contributed by atoms with Gasteiger partial charge < -0.3 is 4.98 Å². The number of fused-ring (bicyclic) bond motifs is 4. The molecule has 1 N–H and O–H groups in total. The second-order valence-electron chi connectivity index (χ2n) is 6.94. The number of H-pyrrole nitrogens is 1. The van der Waals surface area contributed by atoms with Crippen molar-refractivity contribution in [1.29, 1.82) is 0 Å². The van der Waals surface area contributed by atoms with Gasteiger partial charge in [-0.25, -0.2) is 19.9 Å². The number of rotatable bonds is 1. The lowest BCUT2D eigenvalue weighted by molar-refractivity contribution is 0.964. The molecular weight excluding hydrogens is 380 g/mol. The number of hydrogen-bond acceptors (Lipinski definition) is 6. The first-order valence-electron chi connectivity index (χ1n) is 9.23. The summed E-state index contributed by atoms with van der Waals surface area (Å²) in [7, 11) is 0. The molecule has 8 nitrogen and oxygen atoms in total. The van der Waals surface area contributed by atoms with Gasteiger partial charge in [0.2, 0.25) is 0 Å². The van der Waals surface area contributed by atoms with Crippen LogP contribution in [-0.4, -0.2) is 29.5 Å². The predicted octanol–water partition coefficient (Wildman–Crippen LogP) is 2.72. The lowest BCUT2D eigenvalue weighted by Gasteiger charge is -2.08. The highest BCUT2D eigenvalue weighted by Crippen LogP contribution is 2.20.